The molecule has 2 amide bonds. The lowest BCUT2D eigenvalue weighted by atomic mass is 9.95. The Labute approximate surface area is 253 Å². The lowest BCUT2D eigenvalue weighted by Gasteiger charge is -2.41. The first-order valence-corrected chi connectivity index (χ1v) is 15.7. The van der Waals surface area contributed by atoms with E-state index in [0.717, 1.165) is 64.6 Å². The van der Waals surface area contributed by atoms with Crippen molar-refractivity contribution in [2.45, 2.75) is 76.6 Å². The zero-order valence-corrected chi connectivity index (χ0v) is 25.7. The van der Waals surface area contributed by atoms with Crippen LogP contribution in [0.3, 0.4) is 0 Å². The van der Waals surface area contributed by atoms with Crippen molar-refractivity contribution in [1.82, 2.24) is 30.0 Å². The monoisotopic (exact) mass is 601 g/mol. The SMILES string of the molecule is CC(C)(C)c1nc(N2CCN(CCCCNC(=O)N3CCN(C4CC4)CC3Cc3ccccc3)CC2)cc(C(F)(F)F)n1. The Bertz CT molecular complexity index is 1180. The van der Waals surface area contributed by atoms with E-state index in [4.69, 9.17) is 0 Å². The summed E-state index contributed by atoms with van der Waals surface area (Å²) in [6, 6.07) is 12.4. The molecule has 1 atom stereocenters. The minimum Gasteiger partial charge on any atom is -0.354 e. The van der Waals surface area contributed by atoms with Gasteiger partial charge in [-0.3, -0.25) is 9.80 Å². The average molecular weight is 602 g/mol. The van der Waals surface area contributed by atoms with Gasteiger partial charge in [0.15, 0.2) is 0 Å². The molecule has 3 fully saturated rings. The van der Waals surface area contributed by atoms with Crippen molar-refractivity contribution in [3.05, 3.63) is 53.5 Å². The molecule has 8 nitrogen and oxygen atoms in total. The molecule has 2 aromatic rings. The van der Waals surface area contributed by atoms with Crippen molar-refractivity contribution < 1.29 is 18.0 Å². The fraction of sp³-hybridized carbons (Fsp3) is 0.656. The standard InChI is InChI=1S/C32H46F3N7O/c1-31(2,3)29-37-27(32(33,34)35)22-28(38-29)40-17-15-39(16-18-40)14-8-7-13-36-30(43)42-20-19-41(25-11-12-25)23-26(42)21-24-9-5-4-6-10-24/h4-6,9-10,22,25-26H,7-8,11-21,23H2,1-3H3,(H,36,43). The number of carbonyl (C=O) groups is 1. The van der Waals surface area contributed by atoms with Crippen LogP contribution in [0.15, 0.2) is 36.4 Å². The maximum Gasteiger partial charge on any atom is 0.433 e. The summed E-state index contributed by atoms with van der Waals surface area (Å²) in [5.41, 5.74) is -0.206. The number of unbranched alkanes of at least 4 members (excludes halogenated alkanes) is 1. The fourth-order valence-corrected chi connectivity index (χ4v) is 6.01. The molecule has 1 unspecified atom stereocenters. The van der Waals surface area contributed by atoms with Crippen LogP contribution in [0, 0.1) is 0 Å². The topological polar surface area (TPSA) is 67.8 Å². The smallest absolute Gasteiger partial charge is 0.354 e. The molecule has 3 aliphatic rings. The Morgan fingerprint density at radius 3 is 2.33 bits per heavy atom. The number of carbonyl (C=O) groups excluding carboxylic acids is 1. The van der Waals surface area contributed by atoms with Gasteiger partial charge < -0.3 is 15.1 Å². The van der Waals surface area contributed by atoms with Gasteiger partial charge in [-0.1, -0.05) is 51.1 Å². The van der Waals surface area contributed by atoms with Crippen LogP contribution in [0.1, 0.15) is 63.5 Å². The van der Waals surface area contributed by atoms with Crippen molar-refractivity contribution in [3.8, 4) is 0 Å². The molecular formula is C32H46F3N7O. The highest BCUT2D eigenvalue weighted by Crippen LogP contribution is 2.32. The number of alkyl halides is 3. The number of hydrogen-bond donors (Lipinski definition) is 1. The van der Waals surface area contributed by atoms with Crippen LogP contribution in [0.4, 0.5) is 23.8 Å². The molecule has 2 aliphatic heterocycles. The van der Waals surface area contributed by atoms with E-state index < -0.39 is 17.3 Å². The molecule has 1 aromatic heterocycles. The van der Waals surface area contributed by atoms with Crippen LogP contribution in [0.2, 0.25) is 0 Å². The van der Waals surface area contributed by atoms with Gasteiger partial charge in [-0.25, -0.2) is 14.8 Å². The zero-order chi connectivity index (χ0) is 30.6. The molecule has 2 saturated heterocycles. The molecule has 0 spiro atoms. The number of hydrogen-bond acceptors (Lipinski definition) is 6. The van der Waals surface area contributed by atoms with Crippen LogP contribution in [0.25, 0.3) is 0 Å². The molecular weight excluding hydrogens is 555 g/mol. The lowest BCUT2D eigenvalue weighted by molar-refractivity contribution is -0.141. The van der Waals surface area contributed by atoms with Gasteiger partial charge in [-0.05, 0) is 44.2 Å². The molecule has 236 valence electrons. The van der Waals surface area contributed by atoms with Crippen LogP contribution in [0.5, 0.6) is 0 Å². The van der Waals surface area contributed by atoms with E-state index >= 15 is 0 Å². The zero-order valence-electron chi connectivity index (χ0n) is 25.7. The molecule has 0 radical (unpaired) electrons. The van der Waals surface area contributed by atoms with E-state index in [9.17, 15) is 18.0 Å². The van der Waals surface area contributed by atoms with Crippen molar-refractivity contribution in [3.63, 3.8) is 0 Å². The number of amides is 2. The normalized spacial score (nSPS) is 20.8. The predicted molar refractivity (Wildman–Crippen MR) is 162 cm³/mol. The molecule has 1 saturated carbocycles. The molecule has 1 aromatic carbocycles. The predicted octanol–water partition coefficient (Wildman–Crippen LogP) is 4.80. The van der Waals surface area contributed by atoms with Gasteiger partial charge in [0.25, 0.3) is 0 Å². The summed E-state index contributed by atoms with van der Waals surface area (Å²) in [5, 5.41) is 3.16. The number of piperazine rings is 2. The molecule has 11 heteroatoms. The summed E-state index contributed by atoms with van der Waals surface area (Å²) < 4.78 is 40.6. The Kier molecular flexibility index (Phi) is 9.80. The van der Waals surface area contributed by atoms with E-state index in [2.05, 4.69) is 49.4 Å². The van der Waals surface area contributed by atoms with Crippen LogP contribution < -0.4 is 10.2 Å². The number of benzene rings is 1. The minimum absolute atomic E-state index is 0.0303. The second-order valence-electron chi connectivity index (χ2n) is 13.2. The first kappa shape index (κ1) is 31.5. The molecule has 1 aliphatic carbocycles. The maximum absolute atomic E-state index is 13.5. The third kappa shape index (κ3) is 8.59. The number of nitrogens with zero attached hydrogens (tertiary/aromatic N) is 6. The molecule has 43 heavy (non-hydrogen) atoms. The molecule has 0 bridgehead atoms. The average Bonchev–Trinajstić information content (AvgIpc) is 3.82. The van der Waals surface area contributed by atoms with Gasteiger partial charge in [0.2, 0.25) is 0 Å². The van der Waals surface area contributed by atoms with Gasteiger partial charge in [0.05, 0.1) is 6.04 Å². The van der Waals surface area contributed by atoms with E-state index in [1.807, 2.05) is 36.6 Å². The highest BCUT2D eigenvalue weighted by Gasteiger charge is 2.38. The van der Waals surface area contributed by atoms with Gasteiger partial charge >= 0.3 is 12.2 Å². The van der Waals surface area contributed by atoms with Crippen molar-refractivity contribution in [1.29, 1.82) is 0 Å². The number of halogens is 3. The van der Waals surface area contributed by atoms with E-state index in [1.165, 1.54) is 18.4 Å². The first-order valence-electron chi connectivity index (χ1n) is 15.7. The van der Waals surface area contributed by atoms with Gasteiger partial charge in [0.1, 0.15) is 17.3 Å². The number of nitrogens with one attached hydrogen (secondary N) is 1. The first-order chi connectivity index (χ1) is 20.5. The third-order valence-corrected chi connectivity index (χ3v) is 8.70. The summed E-state index contributed by atoms with van der Waals surface area (Å²) in [7, 11) is 0. The highest BCUT2D eigenvalue weighted by atomic mass is 19.4. The maximum atomic E-state index is 13.5. The van der Waals surface area contributed by atoms with Crippen LogP contribution in [-0.2, 0) is 18.0 Å². The Morgan fingerprint density at radius 1 is 0.953 bits per heavy atom. The molecule has 5 rings (SSSR count). The van der Waals surface area contributed by atoms with Crippen LogP contribution in [-0.4, -0.2) is 102 Å². The third-order valence-electron chi connectivity index (χ3n) is 8.70. The molecule has 1 N–H and O–H groups in total. The summed E-state index contributed by atoms with van der Waals surface area (Å²) >= 11 is 0. The van der Waals surface area contributed by atoms with Crippen molar-refractivity contribution >= 4 is 11.8 Å². The number of anilines is 1. The number of rotatable bonds is 9. The van der Waals surface area contributed by atoms with Crippen LogP contribution >= 0.6 is 0 Å². The second-order valence-corrected chi connectivity index (χ2v) is 13.2. The Balaban J connectivity index is 1.05. The van der Waals surface area contributed by atoms with Gasteiger partial charge in [0, 0.05) is 69.9 Å². The summed E-state index contributed by atoms with van der Waals surface area (Å²) in [5.74, 6) is 0.552. The molecule has 3 heterocycles. The summed E-state index contributed by atoms with van der Waals surface area (Å²) in [6.07, 6.45) is 0.737. The fourth-order valence-electron chi connectivity index (χ4n) is 6.01. The Hall–Kier alpha value is -2.92. The lowest BCUT2D eigenvalue weighted by Crippen LogP contribution is -2.58. The second kappa shape index (κ2) is 13.4. The highest BCUT2D eigenvalue weighted by molar-refractivity contribution is 5.74. The number of urea groups is 1. The largest absolute Gasteiger partial charge is 0.433 e. The quantitative estimate of drug-likeness (QED) is 0.417. The van der Waals surface area contributed by atoms with Gasteiger partial charge in [-0.2, -0.15) is 13.2 Å². The summed E-state index contributed by atoms with van der Waals surface area (Å²) in [4.78, 5) is 30.4. The minimum atomic E-state index is -4.51. The summed E-state index contributed by atoms with van der Waals surface area (Å²) in [6.45, 7) is 12.4. The number of aromatic nitrogens is 2. The van der Waals surface area contributed by atoms with E-state index in [0.29, 0.717) is 31.5 Å². The van der Waals surface area contributed by atoms with E-state index in [1.54, 1.807) is 0 Å². The van der Waals surface area contributed by atoms with E-state index in [-0.39, 0.29) is 17.9 Å². The van der Waals surface area contributed by atoms with Gasteiger partial charge in [-0.15, -0.1) is 0 Å². The Morgan fingerprint density at radius 2 is 1.67 bits per heavy atom. The van der Waals surface area contributed by atoms with Crippen molar-refractivity contribution in [2.75, 3.05) is 63.8 Å². The van der Waals surface area contributed by atoms with Crippen molar-refractivity contribution in [2.24, 2.45) is 0 Å².